The first-order valence-electron chi connectivity index (χ1n) is 5.99. The molecule has 1 N–H and O–H groups in total. The average Bonchev–Trinajstić information content (AvgIpc) is 2.97. The number of rotatable bonds is 3. The van der Waals surface area contributed by atoms with Crippen molar-refractivity contribution in [3.05, 3.63) is 22.6 Å². The van der Waals surface area contributed by atoms with Crippen LogP contribution in [0, 0.1) is 0 Å². The van der Waals surface area contributed by atoms with E-state index in [0.29, 0.717) is 23.7 Å². The third kappa shape index (κ3) is 2.29. The number of nitrogens with zero attached hydrogens (tertiary/aromatic N) is 1. The van der Waals surface area contributed by atoms with Gasteiger partial charge in [-0.15, -0.1) is 0 Å². The van der Waals surface area contributed by atoms with Gasteiger partial charge < -0.3 is 14.6 Å². The second-order valence-corrected chi connectivity index (χ2v) is 5.54. The summed E-state index contributed by atoms with van der Waals surface area (Å²) in [5, 5.41) is 2.84. The van der Waals surface area contributed by atoms with Gasteiger partial charge >= 0.3 is 0 Å². The number of halogens is 1. The van der Waals surface area contributed by atoms with Crippen LogP contribution in [0.5, 0.6) is 0 Å². The zero-order valence-corrected chi connectivity index (χ0v) is 11.3. The van der Waals surface area contributed by atoms with Crippen molar-refractivity contribution < 1.29 is 14.0 Å². The third-order valence-electron chi connectivity index (χ3n) is 3.28. The number of carbonyl (C=O) groups excluding carboxylic acids is 2. The number of hydrogen-bond acceptors (Lipinski definition) is 3. The standard InChI is InChI=1S/C12H13BrN2O3/c13-10-4-3-9(18-10)12(17)14-7-5-11(16)15(6-7)8-1-2-8/h3-4,7-8H,1-2,5-6H2,(H,14,17)/t7-/m0/s1. The Morgan fingerprint density at radius 2 is 2.22 bits per heavy atom. The van der Waals surface area contributed by atoms with E-state index in [0.717, 1.165) is 12.8 Å². The lowest BCUT2D eigenvalue weighted by atomic mass is 10.2. The Hall–Kier alpha value is -1.30. The fourth-order valence-corrected chi connectivity index (χ4v) is 2.57. The van der Waals surface area contributed by atoms with Gasteiger partial charge in [-0.3, -0.25) is 9.59 Å². The third-order valence-corrected chi connectivity index (χ3v) is 3.70. The Kier molecular flexibility index (Phi) is 2.89. The second-order valence-electron chi connectivity index (χ2n) is 4.76. The van der Waals surface area contributed by atoms with Crippen molar-refractivity contribution in [3.8, 4) is 0 Å². The number of furan rings is 1. The number of likely N-dealkylation sites (tertiary alicyclic amines) is 1. The van der Waals surface area contributed by atoms with Gasteiger partial charge in [0, 0.05) is 19.0 Å². The largest absolute Gasteiger partial charge is 0.444 e. The molecule has 0 radical (unpaired) electrons. The molecule has 2 fully saturated rings. The van der Waals surface area contributed by atoms with Crippen LogP contribution in [0.4, 0.5) is 0 Å². The summed E-state index contributed by atoms with van der Waals surface area (Å²) in [6.45, 7) is 0.622. The van der Waals surface area contributed by atoms with E-state index in [4.69, 9.17) is 4.42 Å². The fraction of sp³-hybridized carbons (Fsp3) is 0.500. The predicted molar refractivity (Wildman–Crippen MR) is 67.0 cm³/mol. The molecule has 2 amide bonds. The molecule has 18 heavy (non-hydrogen) atoms. The predicted octanol–water partition coefficient (Wildman–Crippen LogP) is 1.54. The lowest BCUT2D eigenvalue weighted by Gasteiger charge is -2.15. The van der Waals surface area contributed by atoms with Gasteiger partial charge in [-0.05, 0) is 40.9 Å². The van der Waals surface area contributed by atoms with Crippen molar-refractivity contribution >= 4 is 27.7 Å². The summed E-state index contributed by atoms with van der Waals surface area (Å²) in [5.74, 6) is 0.138. The van der Waals surface area contributed by atoms with Crippen LogP contribution in [0.3, 0.4) is 0 Å². The second kappa shape index (κ2) is 4.42. The molecule has 0 bridgehead atoms. The van der Waals surface area contributed by atoms with Crippen LogP contribution in [-0.2, 0) is 4.79 Å². The van der Waals surface area contributed by atoms with Gasteiger partial charge in [-0.2, -0.15) is 0 Å². The molecule has 2 heterocycles. The van der Waals surface area contributed by atoms with E-state index in [1.54, 1.807) is 12.1 Å². The fourth-order valence-electron chi connectivity index (χ4n) is 2.26. The van der Waals surface area contributed by atoms with E-state index >= 15 is 0 Å². The van der Waals surface area contributed by atoms with E-state index in [-0.39, 0.29) is 23.6 Å². The van der Waals surface area contributed by atoms with Crippen LogP contribution in [-0.4, -0.2) is 35.3 Å². The Bertz CT molecular complexity index is 495. The Labute approximate surface area is 113 Å². The van der Waals surface area contributed by atoms with Gasteiger partial charge in [0.2, 0.25) is 5.91 Å². The molecular formula is C12H13BrN2O3. The first-order chi connectivity index (χ1) is 8.63. The molecule has 2 aliphatic rings. The van der Waals surface area contributed by atoms with E-state index in [1.807, 2.05) is 4.90 Å². The van der Waals surface area contributed by atoms with Crippen LogP contribution < -0.4 is 5.32 Å². The lowest BCUT2D eigenvalue weighted by molar-refractivity contribution is -0.128. The average molecular weight is 313 g/mol. The smallest absolute Gasteiger partial charge is 0.287 e. The van der Waals surface area contributed by atoms with Crippen molar-refractivity contribution in [2.45, 2.75) is 31.3 Å². The molecule has 1 aromatic heterocycles. The van der Waals surface area contributed by atoms with E-state index in [9.17, 15) is 9.59 Å². The molecule has 1 aromatic rings. The van der Waals surface area contributed by atoms with Crippen LogP contribution in [0.1, 0.15) is 29.8 Å². The first kappa shape index (κ1) is 11.8. The highest BCUT2D eigenvalue weighted by Crippen LogP contribution is 2.30. The summed E-state index contributed by atoms with van der Waals surface area (Å²) >= 11 is 3.15. The van der Waals surface area contributed by atoms with Gasteiger partial charge in [0.15, 0.2) is 10.4 Å². The highest BCUT2D eigenvalue weighted by Gasteiger charge is 2.39. The zero-order valence-electron chi connectivity index (χ0n) is 9.69. The van der Waals surface area contributed by atoms with Crippen molar-refractivity contribution in [2.24, 2.45) is 0 Å². The van der Waals surface area contributed by atoms with Gasteiger partial charge in [-0.1, -0.05) is 0 Å². The quantitative estimate of drug-likeness (QED) is 0.920. The number of hydrogen-bond donors (Lipinski definition) is 1. The molecular weight excluding hydrogens is 300 g/mol. The molecule has 1 aliphatic carbocycles. The minimum atomic E-state index is -0.267. The topological polar surface area (TPSA) is 62.6 Å². The number of carbonyl (C=O) groups is 2. The summed E-state index contributed by atoms with van der Waals surface area (Å²) in [7, 11) is 0. The molecule has 3 rings (SSSR count). The summed E-state index contributed by atoms with van der Waals surface area (Å²) < 4.78 is 5.70. The van der Waals surface area contributed by atoms with E-state index in [2.05, 4.69) is 21.2 Å². The maximum absolute atomic E-state index is 11.9. The van der Waals surface area contributed by atoms with Crippen molar-refractivity contribution in [2.75, 3.05) is 6.54 Å². The molecule has 0 spiro atoms. The lowest BCUT2D eigenvalue weighted by Crippen LogP contribution is -2.37. The molecule has 1 saturated carbocycles. The SMILES string of the molecule is O=C(N[C@H]1CC(=O)N(C2CC2)C1)c1ccc(Br)o1. The van der Waals surface area contributed by atoms with Gasteiger partial charge in [-0.25, -0.2) is 0 Å². The Morgan fingerprint density at radius 3 is 2.83 bits per heavy atom. The Morgan fingerprint density at radius 1 is 1.44 bits per heavy atom. The summed E-state index contributed by atoms with van der Waals surface area (Å²) in [4.78, 5) is 25.5. The molecule has 1 atom stereocenters. The van der Waals surface area contributed by atoms with E-state index < -0.39 is 0 Å². The van der Waals surface area contributed by atoms with Gasteiger partial charge in [0.05, 0.1) is 6.04 Å². The molecule has 1 saturated heterocycles. The van der Waals surface area contributed by atoms with Crippen LogP contribution in [0.15, 0.2) is 21.2 Å². The van der Waals surface area contributed by atoms with Crippen molar-refractivity contribution in [3.63, 3.8) is 0 Å². The normalized spacial score (nSPS) is 23.5. The Balaban J connectivity index is 1.60. The van der Waals surface area contributed by atoms with Crippen LogP contribution >= 0.6 is 15.9 Å². The van der Waals surface area contributed by atoms with Gasteiger partial charge in [0.1, 0.15) is 0 Å². The monoisotopic (exact) mass is 312 g/mol. The van der Waals surface area contributed by atoms with Crippen LogP contribution in [0.2, 0.25) is 0 Å². The first-order valence-corrected chi connectivity index (χ1v) is 6.78. The summed E-state index contributed by atoms with van der Waals surface area (Å²) in [6.07, 6.45) is 2.58. The maximum atomic E-state index is 11.9. The molecule has 96 valence electrons. The van der Waals surface area contributed by atoms with Crippen molar-refractivity contribution in [1.29, 1.82) is 0 Å². The molecule has 0 aromatic carbocycles. The van der Waals surface area contributed by atoms with Crippen molar-refractivity contribution in [1.82, 2.24) is 10.2 Å². The number of amides is 2. The molecule has 0 unspecified atom stereocenters. The van der Waals surface area contributed by atoms with E-state index in [1.165, 1.54) is 0 Å². The molecule has 6 heteroatoms. The highest BCUT2D eigenvalue weighted by atomic mass is 79.9. The molecule has 5 nitrogen and oxygen atoms in total. The number of nitrogens with one attached hydrogen (secondary N) is 1. The minimum absolute atomic E-state index is 0.102. The van der Waals surface area contributed by atoms with Crippen LogP contribution in [0.25, 0.3) is 0 Å². The van der Waals surface area contributed by atoms with Gasteiger partial charge in [0.25, 0.3) is 5.91 Å². The zero-order chi connectivity index (χ0) is 12.7. The minimum Gasteiger partial charge on any atom is -0.444 e. The molecule has 1 aliphatic heterocycles. The summed E-state index contributed by atoms with van der Waals surface area (Å²) in [5.41, 5.74) is 0. The highest BCUT2D eigenvalue weighted by molar-refractivity contribution is 9.10. The maximum Gasteiger partial charge on any atom is 0.287 e. The summed E-state index contributed by atoms with van der Waals surface area (Å²) in [6, 6.07) is 3.59.